The van der Waals surface area contributed by atoms with E-state index >= 15 is 0 Å². The van der Waals surface area contributed by atoms with E-state index in [0.29, 0.717) is 0 Å². The van der Waals surface area contributed by atoms with Crippen molar-refractivity contribution in [3.05, 3.63) is 12.2 Å². The third-order valence-corrected chi connectivity index (χ3v) is 2.53. The van der Waals surface area contributed by atoms with E-state index in [9.17, 15) is 10.2 Å². The number of nitrogens with one attached hydrogen (secondary N) is 1. The number of aromatic nitrogens is 3. The zero-order chi connectivity index (χ0) is 12.6. The van der Waals surface area contributed by atoms with Crippen LogP contribution in [0, 0.1) is 5.41 Å². The summed E-state index contributed by atoms with van der Waals surface area (Å²) < 4.78 is 6.37. The van der Waals surface area contributed by atoms with Gasteiger partial charge in [-0.15, -0.1) is 5.10 Å². The van der Waals surface area contributed by atoms with Gasteiger partial charge in [0.15, 0.2) is 12.1 Å². The van der Waals surface area contributed by atoms with Crippen LogP contribution in [0.25, 0.3) is 0 Å². The second kappa shape index (κ2) is 4.37. The smallest absolute Gasteiger partial charge is 0.215 e. The van der Waals surface area contributed by atoms with Gasteiger partial charge in [0.1, 0.15) is 24.6 Å². The highest BCUT2D eigenvalue weighted by Crippen LogP contribution is 2.28. The molecular formula is C8H13N5O4. The molecule has 0 aliphatic carbocycles. The Bertz CT molecular complexity index is 422. The standard InChI is InChI=1S/C8H13N5O4/c9-6(10)7-11-2-13(12-7)8-5(16)4(15)3(1-14)17-8/h2-5,8,14-16H,1H2,(H3,9,10)/t3-,4+,5+,8-/m1/s1. The van der Waals surface area contributed by atoms with Crippen molar-refractivity contribution in [2.24, 2.45) is 5.73 Å². The molecule has 1 saturated heterocycles. The normalized spacial score (nSPS) is 32.9. The first-order valence-corrected chi connectivity index (χ1v) is 4.92. The molecule has 6 N–H and O–H groups in total. The third-order valence-electron chi connectivity index (χ3n) is 2.53. The van der Waals surface area contributed by atoms with E-state index in [2.05, 4.69) is 10.1 Å². The van der Waals surface area contributed by atoms with Crippen molar-refractivity contribution in [1.82, 2.24) is 14.8 Å². The van der Waals surface area contributed by atoms with Crippen molar-refractivity contribution < 1.29 is 20.1 Å². The van der Waals surface area contributed by atoms with Gasteiger partial charge in [0.05, 0.1) is 6.61 Å². The highest BCUT2D eigenvalue weighted by Gasteiger charge is 2.43. The average Bonchev–Trinajstić information content (AvgIpc) is 2.87. The molecule has 0 bridgehead atoms. The summed E-state index contributed by atoms with van der Waals surface area (Å²) in [7, 11) is 0. The fourth-order valence-electron chi connectivity index (χ4n) is 1.62. The van der Waals surface area contributed by atoms with E-state index in [1.807, 2.05) is 0 Å². The maximum Gasteiger partial charge on any atom is 0.215 e. The van der Waals surface area contributed by atoms with Crippen molar-refractivity contribution >= 4 is 5.84 Å². The predicted octanol–water partition coefficient (Wildman–Crippen LogP) is -2.83. The second-order valence-corrected chi connectivity index (χ2v) is 3.69. The number of nitrogen functional groups attached to an aromatic ring is 1. The number of aliphatic hydroxyl groups is 3. The highest BCUT2D eigenvalue weighted by atomic mass is 16.6. The van der Waals surface area contributed by atoms with Crippen LogP contribution in [0.2, 0.25) is 0 Å². The largest absolute Gasteiger partial charge is 0.394 e. The van der Waals surface area contributed by atoms with Gasteiger partial charge in [-0.05, 0) is 0 Å². The van der Waals surface area contributed by atoms with E-state index in [4.69, 9.17) is 21.0 Å². The molecular weight excluding hydrogens is 230 g/mol. The molecule has 1 aliphatic rings. The number of aliphatic hydroxyl groups excluding tert-OH is 3. The summed E-state index contributed by atoms with van der Waals surface area (Å²) in [4.78, 5) is 3.74. The van der Waals surface area contributed by atoms with Crippen LogP contribution in [-0.4, -0.2) is 60.8 Å². The van der Waals surface area contributed by atoms with Crippen LogP contribution >= 0.6 is 0 Å². The zero-order valence-electron chi connectivity index (χ0n) is 8.76. The van der Waals surface area contributed by atoms with Gasteiger partial charge in [-0.3, -0.25) is 5.41 Å². The first kappa shape index (κ1) is 11.9. The summed E-state index contributed by atoms with van der Waals surface area (Å²) in [5, 5.41) is 39.1. The van der Waals surface area contributed by atoms with Gasteiger partial charge in [-0.25, -0.2) is 9.67 Å². The molecule has 0 aromatic carbocycles. The van der Waals surface area contributed by atoms with Gasteiger partial charge in [0.2, 0.25) is 5.82 Å². The lowest BCUT2D eigenvalue weighted by Gasteiger charge is -2.13. The van der Waals surface area contributed by atoms with Crippen LogP contribution in [0.3, 0.4) is 0 Å². The van der Waals surface area contributed by atoms with E-state index in [1.165, 1.54) is 6.33 Å². The van der Waals surface area contributed by atoms with Crippen LogP contribution in [0.5, 0.6) is 0 Å². The second-order valence-electron chi connectivity index (χ2n) is 3.69. The maximum atomic E-state index is 9.70. The molecule has 94 valence electrons. The summed E-state index contributed by atoms with van der Waals surface area (Å²) >= 11 is 0. The minimum absolute atomic E-state index is 0.00254. The van der Waals surface area contributed by atoms with E-state index in [0.717, 1.165) is 4.68 Å². The van der Waals surface area contributed by atoms with Crippen LogP contribution in [0.1, 0.15) is 12.1 Å². The SMILES string of the molecule is N=C(N)c1ncn([C@@H]2O[C@H](CO)[C@H](O)[C@@H]2O)n1. The van der Waals surface area contributed by atoms with Crippen LogP contribution in [0.4, 0.5) is 0 Å². The van der Waals surface area contributed by atoms with Crippen molar-refractivity contribution in [3.8, 4) is 0 Å². The molecule has 4 atom stereocenters. The summed E-state index contributed by atoms with van der Waals surface area (Å²) in [5.74, 6) is -0.307. The lowest BCUT2D eigenvalue weighted by atomic mass is 10.1. The quantitative estimate of drug-likeness (QED) is 0.283. The molecule has 17 heavy (non-hydrogen) atoms. The monoisotopic (exact) mass is 243 g/mol. The van der Waals surface area contributed by atoms with Gasteiger partial charge >= 0.3 is 0 Å². The summed E-state index contributed by atoms with van der Waals surface area (Å²) in [5.41, 5.74) is 5.19. The summed E-state index contributed by atoms with van der Waals surface area (Å²) in [6.07, 6.45) is -3.02. The lowest BCUT2D eigenvalue weighted by molar-refractivity contribution is -0.0588. The number of amidine groups is 1. The Morgan fingerprint density at radius 3 is 2.71 bits per heavy atom. The summed E-state index contributed by atoms with van der Waals surface area (Å²) in [6, 6.07) is 0. The first-order chi connectivity index (χ1) is 8.04. The van der Waals surface area contributed by atoms with E-state index in [-0.39, 0.29) is 11.7 Å². The molecule has 9 nitrogen and oxygen atoms in total. The molecule has 0 saturated carbocycles. The molecule has 2 heterocycles. The van der Waals surface area contributed by atoms with E-state index < -0.39 is 31.1 Å². The van der Waals surface area contributed by atoms with Crippen molar-refractivity contribution in [3.63, 3.8) is 0 Å². The molecule has 9 heteroatoms. The Morgan fingerprint density at radius 1 is 1.53 bits per heavy atom. The van der Waals surface area contributed by atoms with Crippen LogP contribution < -0.4 is 5.73 Å². The number of hydrogen-bond acceptors (Lipinski definition) is 7. The molecule has 0 amide bonds. The molecule has 0 radical (unpaired) electrons. The molecule has 0 unspecified atom stereocenters. The Balaban J connectivity index is 2.19. The maximum absolute atomic E-state index is 9.70. The number of hydrogen-bond donors (Lipinski definition) is 5. The molecule has 1 aromatic rings. The Morgan fingerprint density at radius 2 is 2.24 bits per heavy atom. The zero-order valence-corrected chi connectivity index (χ0v) is 8.76. The van der Waals surface area contributed by atoms with Crippen LogP contribution in [-0.2, 0) is 4.74 Å². The minimum atomic E-state index is -1.23. The first-order valence-electron chi connectivity index (χ1n) is 4.92. The molecule has 2 rings (SSSR count). The predicted molar refractivity (Wildman–Crippen MR) is 54.0 cm³/mol. The molecule has 0 spiro atoms. The van der Waals surface area contributed by atoms with Crippen molar-refractivity contribution in [2.75, 3.05) is 6.61 Å². The third kappa shape index (κ3) is 2.00. The van der Waals surface area contributed by atoms with Gasteiger partial charge in [-0.2, -0.15) is 0 Å². The van der Waals surface area contributed by atoms with Gasteiger partial charge in [0.25, 0.3) is 0 Å². The minimum Gasteiger partial charge on any atom is -0.394 e. The molecule has 1 fully saturated rings. The van der Waals surface area contributed by atoms with Crippen molar-refractivity contribution in [1.29, 1.82) is 5.41 Å². The number of nitrogens with two attached hydrogens (primary N) is 1. The topological polar surface area (TPSA) is 150 Å². The fraction of sp³-hybridized carbons (Fsp3) is 0.625. The van der Waals surface area contributed by atoms with Gasteiger partial charge in [0, 0.05) is 0 Å². The van der Waals surface area contributed by atoms with E-state index in [1.54, 1.807) is 0 Å². The number of nitrogens with zero attached hydrogens (tertiary/aromatic N) is 3. The summed E-state index contributed by atoms with van der Waals surface area (Å²) in [6.45, 7) is -0.414. The Kier molecular flexibility index (Phi) is 3.07. The Labute approximate surface area is 96.0 Å². The highest BCUT2D eigenvalue weighted by molar-refractivity contribution is 5.90. The van der Waals surface area contributed by atoms with Crippen LogP contribution in [0.15, 0.2) is 6.33 Å². The lowest BCUT2D eigenvalue weighted by Crippen LogP contribution is -2.33. The molecule has 1 aromatic heterocycles. The Hall–Kier alpha value is -1.55. The number of ether oxygens (including phenoxy) is 1. The molecule has 1 aliphatic heterocycles. The number of rotatable bonds is 3. The van der Waals surface area contributed by atoms with Gasteiger partial charge < -0.3 is 25.8 Å². The van der Waals surface area contributed by atoms with Crippen molar-refractivity contribution in [2.45, 2.75) is 24.5 Å². The van der Waals surface area contributed by atoms with Gasteiger partial charge in [-0.1, -0.05) is 0 Å². The fourth-order valence-corrected chi connectivity index (χ4v) is 1.62. The average molecular weight is 243 g/mol.